The van der Waals surface area contributed by atoms with Crippen molar-refractivity contribution in [3.63, 3.8) is 0 Å². The van der Waals surface area contributed by atoms with Gasteiger partial charge in [-0.15, -0.1) is 0 Å². The minimum absolute atomic E-state index is 0.0448. The Morgan fingerprint density at radius 3 is 2.38 bits per heavy atom. The van der Waals surface area contributed by atoms with Crippen LogP contribution in [0.2, 0.25) is 25.7 Å². The largest absolute Gasteiger partial charge is 0.530 e. The topological polar surface area (TPSA) is 79.7 Å². The van der Waals surface area contributed by atoms with Crippen LogP contribution in [-0.2, 0) is 34.4 Å². The van der Waals surface area contributed by atoms with Crippen molar-refractivity contribution in [3.05, 3.63) is 64.8 Å². The fourth-order valence-electron chi connectivity index (χ4n) is 5.79. The summed E-state index contributed by atoms with van der Waals surface area (Å²) in [5, 5.41) is 16.7. The number of amides is 1. The van der Waals surface area contributed by atoms with Crippen LogP contribution in [0.5, 0.6) is 0 Å². The number of nitrogens with zero attached hydrogens (tertiary/aromatic N) is 3. The van der Waals surface area contributed by atoms with Gasteiger partial charge in [-0.1, -0.05) is 50.0 Å². The van der Waals surface area contributed by atoms with Gasteiger partial charge in [0, 0.05) is 50.1 Å². The number of aromatic nitrogens is 2. The van der Waals surface area contributed by atoms with Gasteiger partial charge in [-0.05, 0) is 49.4 Å². The van der Waals surface area contributed by atoms with E-state index in [0.29, 0.717) is 49.0 Å². The zero-order chi connectivity index (χ0) is 30.1. The van der Waals surface area contributed by atoms with Crippen LogP contribution < -0.4 is 5.11 Å². The monoisotopic (exact) mass is 602 g/mol. The average molecular weight is 603 g/mol. The summed E-state index contributed by atoms with van der Waals surface area (Å²) in [6.07, 6.45) is -2.82. The SMILES string of the molecule is C[Si](C)(C)CCOCn1nc2c(COCC3(c4ccccc4)CCN(C(=O)[O-])CC3)cc(C(F)(F)F)cc2c1C1CC1. The zero-order valence-corrected chi connectivity index (χ0v) is 25.5. The van der Waals surface area contributed by atoms with Crippen LogP contribution in [0.25, 0.3) is 10.9 Å². The molecule has 2 aromatic carbocycles. The molecule has 0 N–H and O–H groups in total. The summed E-state index contributed by atoms with van der Waals surface area (Å²) in [5.74, 6) is 0.170. The highest BCUT2D eigenvalue weighted by atomic mass is 28.3. The van der Waals surface area contributed by atoms with Crippen molar-refractivity contribution in [1.29, 1.82) is 0 Å². The molecule has 1 saturated carbocycles. The Bertz CT molecular complexity index is 1390. The number of carbonyl (C=O) groups is 1. The molecule has 0 atom stereocenters. The molecule has 2 fully saturated rings. The van der Waals surface area contributed by atoms with Crippen molar-refractivity contribution in [3.8, 4) is 0 Å². The van der Waals surface area contributed by atoms with Gasteiger partial charge in [0.15, 0.2) is 0 Å². The molecule has 1 saturated heterocycles. The molecule has 228 valence electrons. The van der Waals surface area contributed by atoms with Gasteiger partial charge in [0.2, 0.25) is 0 Å². The number of carbonyl (C=O) groups excluding carboxylic acids is 1. The van der Waals surface area contributed by atoms with Crippen LogP contribution in [-0.4, -0.2) is 55.2 Å². The van der Waals surface area contributed by atoms with E-state index in [1.807, 2.05) is 30.3 Å². The van der Waals surface area contributed by atoms with E-state index in [2.05, 4.69) is 19.6 Å². The van der Waals surface area contributed by atoms with E-state index >= 15 is 0 Å². The van der Waals surface area contributed by atoms with E-state index in [9.17, 15) is 23.1 Å². The third kappa shape index (κ3) is 7.00. The fraction of sp³-hybridized carbons (Fsp3) is 0.548. The summed E-state index contributed by atoms with van der Waals surface area (Å²) in [7, 11) is -1.29. The molecule has 0 spiro atoms. The van der Waals surface area contributed by atoms with Crippen molar-refractivity contribution < 1.29 is 32.5 Å². The Kier molecular flexibility index (Phi) is 8.74. The third-order valence-electron chi connectivity index (χ3n) is 8.47. The molecule has 7 nitrogen and oxygen atoms in total. The molecule has 42 heavy (non-hydrogen) atoms. The number of piperidine rings is 1. The van der Waals surface area contributed by atoms with Gasteiger partial charge in [-0.25, -0.2) is 4.68 Å². The lowest BCUT2D eigenvalue weighted by molar-refractivity contribution is -0.267. The number of fused-ring (bicyclic) bond motifs is 1. The van der Waals surface area contributed by atoms with Gasteiger partial charge in [0.25, 0.3) is 0 Å². The third-order valence-corrected chi connectivity index (χ3v) is 10.2. The standard InChI is InChI=1S/C31H40F3N3O4Si/c1-42(2,3)16-15-40-21-37-28(22-9-10-22)26-18-25(31(32,33)34)17-23(27(26)35-37)19-41-20-30(24-7-5-4-6-8-24)11-13-36(14-12-30)29(38)39/h4-8,17-18,22H,9-16,19-21H2,1-3H3,(H,38,39)/p-1. The minimum Gasteiger partial charge on any atom is -0.530 e. The Morgan fingerprint density at radius 1 is 1.10 bits per heavy atom. The normalized spacial score (nSPS) is 17.6. The summed E-state index contributed by atoms with van der Waals surface area (Å²) in [4.78, 5) is 12.7. The molecule has 1 aliphatic carbocycles. The molecule has 11 heteroatoms. The summed E-state index contributed by atoms with van der Waals surface area (Å²) < 4.78 is 56.1. The predicted octanol–water partition coefficient (Wildman–Crippen LogP) is 6.14. The second-order valence-corrected chi connectivity index (χ2v) is 18.5. The first kappa shape index (κ1) is 30.6. The van der Waals surface area contributed by atoms with Gasteiger partial charge in [0.1, 0.15) is 12.8 Å². The molecule has 0 unspecified atom stereocenters. The predicted molar refractivity (Wildman–Crippen MR) is 155 cm³/mol. The van der Waals surface area contributed by atoms with E-state index in [0.717, 1.165) is 36.2 Å². The quantitative estimate of drug-likeness (QED) is 0.195. The number of likely N-dealkylation sites (tertiary alicyclic amines) is 1. The Labute approximate surface area is 245 Å². The molecular weight excluding hydrogens is 563 g/mol. The van der Waals surface area contributed by atoms with Crippen LogP contribution in [0.4, 0.5) is 18.0 Å². The Hall–Kier alpha value is -2.89. The van der Waals surface area contributed by atoms with Gasteiger partial charge >= 0.3 is 6.18 Å². The van der Waals surface area contributed by atoms with E-state index in [-0.39, 0.29) is 25.9 Å². The first-order chi connectivity index (χ1) is 19.9. The van der Waals surface area contributed by atoms with E-state index in [4.69, 9.17) is 14.6 Å². The van der Waals surface area contributed by atoms with Crippen LogP contribution in [0.3, 0.4) is 0 Å². The van der Waals surface area contributed by atoms with Crippen LogP contribution >= 0.6 is 0 Å². The number of ether oxygens (including phenoxy) is 2. The molecule has 2 aliphatic rings. The molecule has 0 radical (unpaired) electrons. The van der Waals surface area contributed by atoms with Crippen molar-refractivity contribution >= 4 is 25.1 Å². The van der Waals surface area contributed by atoms with Crippen LogP contribution in [0.15, 0.2) is 42.5 Å². The van der Waals surface area contributed by atoms with Gasteiger partial charge in [-0.3, -0.25) is 0 Å². The molecule has 1 aromatic heterocycles. The number of hydrogen-bond acceptors (Lipinski definition) is 5. The molecule has 1 aliphatic heterocycles. The highest BCUT2D eigenvalue weighted by molar-refractivity contribution is 6.76. The smallest absolute Gasteiger partial charge is 0.416 e. The fourth-order valence-corrected chi connectivity index (χ4v) is 6.55. The van der Waals surface area contributed by atoms with Gasteiger partial charge < -0.3 is 24.3 Å². The number of alkyl halides is 3. The number of benzene rings is 2. The minimum atomic E-state index is -4.51. The lowest BCUT2D eigenvalue weighted by Crippen LogP contribution is -2.51. The lowest BCUT2D eigenvalue weighted by atomic mass is 9.73. The van der Waals surface area contributed by atoms with Crippen molar-refractivity contribution in [2.75, 3.05) is 26.3 Å². The highest BCUT2D eigenvalue weighted by Crippen LogP contribution is 2.45. The molecular formula is C31H39F3N3O4Si-. The maximum Gasteiger partial charge on any atom is 0.416 e. The molecule has 1 amide bonds. The first-order valence-electron chi connectivity index (χ1n) is 14.6. The summed E-state index contributed by atoms with van der Waals surface area (Å²) in [6, 6.07) is 13.1. The van der Waals surface area contributed by atoms with Gasteiger partial charge in [-0.2, -0.15) is 18.3 Å². The number of carboxylic acid groups (broad SMARTS) is 1. The first-order valence-corrected chi connectivity index (χ1v) is 18.3. The molecule has 2 heterocycles. The van der Waals surface area contributed by atoms with Crippen molar-refractivity contribution in [2.45, 2.75) is 82.2 Å². The second-order valence-electron chi connectivity index (χ2n) is 12.9. The molecule has 0 bridgehead atoms. The summed E-state index contributed by atoms with van der Waals surface area (Å²) in [5.41, 5.74) is 1.55. The maximum atomic E-state index is 14.1. The van der Waals surface area contributed by atoms with Crippen molar-refractivity contribution in [1.82, 2.24) is 14.7 Å². The zero-order valence-electron chi connectivity index (χ0n) is 24.5. The van der Waals surface area contributed by atoms with Crippen LogP contribution in [0, 0.1) is 0 Å². The summed E-state index contributed by atoms with van der Waals surface area (Å²) >= 11 is 0. The van der Waals surface area contributed by atoms with E-state index < -0.39 is 31.3 Å². The average Bonchev–Trinajstić information content (AvgIpc) is 3.70. The van der Waals surface area contributed by atoms with E-state index in [1.54, 1.807) is 4.68 Å². The van der Waals surface area contributed by atoms with Crippen molar-refractivity contribution in [2.24, 2.45) is 0 Å². The number of hydrogen-bond donors (Lipinski definition) is 0. The number of halogens is 3. The Balaban J connectivity index is 1.42. The van der Waals surface area contributed by atoms with Crippen LogP contribution in [0.1, 0.15) is 54.0 Å². The lowest BCUT2D eigenvalue weighted by Gasteiger charge is -2.43. The Morgan fingerprint density at radius 2 is 1.79 bits per heavy atom. The summed E-state index contributed by atoms with van der Waals surface area (Å²) in [6.45, 7) is 8.43. The van der Waals surface area contributed by atoms with E-state index in [1.165, 1.54) is 11.0 Å². The number of rotatable bonds is 11. The molecule has 5 rings (SSSR count). The second kappa shape index (κ2) is 12.0. The maximum absolute atomic E-state index is 14.1. The van der Waals surface area contributed by atoms with Gasteiger partial charge in [0.05, 0.1) is 30.0 Å². The molecule has 3 aromatic rings. The highest BCUT2D eigenvalue weighted by Gasteiger charge is 2.38.